The third kappa shape index (κ3) is 3.32. The summed E-state index contributed by atoms with van der Waals surface area (Å²) in [5.74, 6) is 0.905. The second kappa shape index (κ2) is 8.31. The van der Waals surface area contributed by atoms with Crippen molar-refractivity contribution in [2.24, 2.45) is 0 Å². The lowest BCUT2D eigenvalue weighted by molar-refractivity contribution is 0.0600. The van der Waals surface area contributed by atoms with E-state index in [1.165, 1.54) is 14.2 Å². The molecule has 0 spiro atoms. The first-order chi connectivity index (χ1) is 16.5. The molecule has 2 aromatic carbocycles. The van der Waals surface area contributed by atoms with E-state index in [1.807, 2.05) is 6.07 Å². The Morgan fingerprint density at radius 3 is 2.50 bits per heavy atom. The van der Waals surface area contributed by atoms with Crippen LogP contribution in [0.3, 0.4) is 0 Å². The standard InChI is InChI=1S/C22H19N7O5/c1-32-14-9-8-13(10-15(14)33-2)17-16-18(20(30)25-24-17)23-22-26-27-28-29(22)19(16)11-4-6-12(7-5-11)21(31)34-3/h4-10,19H,1-3H3,(H,25,30)(H,23,26,28)/t19-/m1/s1. The quantitative estimate of drug-likeness (QED) is 0.372. The number of aromatic nitrogens is 6. The summed E-state index contributed by atoms with van der Waals surface area (Å²) in [4.78, 5) is 24.7. The van der Waals surface area contributed by atoms with Gasteiger partial charge in [-0.3, -0.25) is 4.79 Å². The van der Waals surface area contributed by atoms with Crippen LogP contribution in [0.25, 0.3) is 11.3 Å². The van der Waals surface area contributed by atoms with Gasteiger partial charge >= 0.3 is 5.97 Å². The largest absolute Gasteiger partial charge is 0.493 e. The van der Waals surface area contributed by atoms with Crippen molar-refractivity contribution in [3.8, 4) is 22.8 Å². The number of hydrogen-bond acceptors (Lipinski definition) is 10. The highest BCUT2D eigenvalue weighted by Crippen LogP contribution is 2.42. The zero-order chi connectivity index (χ0) is 23.8. The number of benzene rings is 2. The molecule has 3 heterocycles. The van der Waals surface area contributed by atoms with Crippen LogP contribution in [0.2, 0.25) is 0 Å². The predicted molar refractivity (Wildman–Crippen MR) is 120 cm³/mol. The molecular weight excluding hydrogens is 442 g/mol. The third-order valence-corrected chi connectivity index (χ3v) is 5.57. The van der Waals surface area contributed by atoms with Gasteiger partial charge in [-0.2, -0.15) is 9.78 Å². The smallest absolute Gasteiger partial charge is 0.337 e. The van der Waals surface area contributed by atoms with Crippen LogP contribution < -0.4 is 20.3 Å². The molecule has 4 aromatic rings. The summed E-state index contributed by atoms with van der Waals surface area (Å²) in [6.07, 6.45) is 0. The second-order valence-electron chi connectivity index (χ2n) is 7.35. The number of nitrogens with zero attached hydrogens (tertiary/aromatic N) is 5. The van der Waals surface area contributed by atoms with Gasteiger partial charge in [-0.05, 0) is 46.3 Å². The molecule has 2 N–H and O–H groups in total. The van der Waals surface area contributed by atoms with Crippen LogP contribution >= 0.6 is 0 Å². The maximum atomic E-state index is 12.8. The molecule has 12 heteroatoms. The Labute approximate surface area is 192 Å². The Bertz CT molecular complexity index is 1450. The van der Waals surface area contributed by atoms with Gasteiger partial charge in [0, 0.05) is 11.1 Å². The van der Waals surface area contributed by atoms with E-state index in [9.17, 15) is 9.59 Å². The Morgan fingerprint density at radius 2 is 1.79 bits per heavy atom. The molecule has 1 aliphatic rings. The minimum absolute atomic E-state index is 0.268. The number of anilines is 2. The highest BCUT2D eigenvalue weighted by atomic mass is 16.5. The van der Waals surface area contributed by atoms with E-state index in [4.69, 9.17) is 14.2 Å². The number of nitrogens with one attached hydrogen (secondary N) is 2. The molecule has 0 unspecified atom stereocenters. The number of tetrazole rings is 1. The number of hydrogen-bond donors (Lipinski definition) is 2. The number of carbonyl (C=O) groups is 1. The van der Waals surface area contributed by atoms with Crippen molar-refractivity contribution in [2.75, 3.05) is 26.6 Å². The number of esters is 1. The van der Waals surface area contributed by atoms with Crippen LogP contribution in [0.1, 0.15) is 27.5 Å². The fourth-order valence-corrected chi connectivity index (χ4v) is 3.97. The molecule has 0 saturated heterocycles. The van der Waals surface area contributed by atoms with Crippen molar-refractivity contribution in [1.29, 1.82) is 0 Å². The molecule has 0 fully saturated rings. The summed E-state index contributed by atoms with van der Waals surface area (Å²) in [5.41, 5.74) is 2.70. The molecule has 2 aromatic heterocycles. The number of aromatic amines is 1. The molecule has 0 amide bonds. The number of fused-ring (bicyclic) bond motifs is 2. The summed E-state index contributed by atoms with van der Waals surface area (Å²) in [6, 6.07) is 11.5. The lowest BCUT2D eigenvalue weighted by Crippen LogP contribution is -2.29. The first-order valence-corrected chi connectivity index (χ1v) is 10.1. The Hall–Kier alpha value is -4.74. The fourth-order valence-electron chi connectivity index (χ4n) is 3.97. The zero-order valence-corrected chi connectivity index (χ0v) is 18.4. The molecule has 5 rings (SSSR count). The summed E-state index contributed by atoms with van der Waals surface area (Å²) in [7, 11) is 4.41. The topological polar surface area (TPSA) is 146 Å². The van der Waals surface area contributed by atoms with Gasteiger partial charge in [-0.1, -0.05) is 17.2 Å². The number of carbonyl (C=O) groups excluding carboxylic acids is 1. The van der Waals surface area contributed by atoms with Gasteiger partial charge in [0.1, 0.15) is 11.7 Å². The number of H-pyrrole nitrogens is 1. The van der Waals surface area contributed by atoms with Crippen LogP contribution in [0.15, 0.2) is 47.3 Å². The zero-order valence-electron chi connectivity index (χ0n) is 18.4. The van der Waals surface area contributed by atoms with Crippen molar-refractivity contribution < 1.29 is 19.0 Å². The molecular formula is C22H19N7O5. The van der Waals surface area contributed by atoms with Gasteiger partial charge < -0.3 is 19.5 Å². The van der Waals surface area contributed by atoms with Crippen LogP contribution in [-0.4, -0.2) is 57.7 Å². The average molecular weight is 461 g/mol. The van der Waals surface area contributed by atoms with E-state index in [0.717, 1.165) is 5.56 Å². The van der Waals surface area contributed by atoms with Gasteiger partial charge in [0.05, 0.1) is 32.6 Å². The molecule has 34 heavy (non-hydrogen) atoms. The highest BCUT2D eigenvalue weighted by molar-refractivity contribution is 5.89. The van der Waals surface area contributed by atoms with E-state index in [0.29, 0.717) is 39.8 Å². The lowest BCUT2D eigenvalue weighted by Gasteiger charge is -2.28. The molecule has 0 aliphatic carbocycles. The maximum absolute atomic E-state index is 12.8. The van der Waals surface area contributed by atoms with Gasteiger partial charge in [-0.25, -0.2) is 9.89 Å². The monoisotopic (exact) mass is 461 g/mol. The van der Waals surface area contributed by atoms with Gasteiger partial charge in [0.15, 0.2) is 11.5 Å². The van der Waals surface area contributed by atoms with Gasteiger partial charge in [0.25, 0.3) is 5.56 Å². The summed E-state index contributed by atoms with van der Waals surface area (Å²) in [5, 5.41) is 21.8. The minimum Gasteiger partial charge on any atom is -0.493 e. The van der Waals surface area contributed by atoms with E-state index < -0.39 is 17.6 Å². The molecule has 0 saturated carbocycles. The average Bonchev–Trinajstić information content (AvgIpc) is 3.35. The maximum Gasteiger partial charge on any atom is 0.337 e. The number of rotatable bonds is 5. The van der Waals surface area contributed by atoms with Gasteiger partial charge in [-0.15, -0.1) is 0 Å². The molecule has 0 bridgehead atoms. The van der Waals surface area contributed by atoms with E-state index in [2.05, 4.69) is 31.0 Å². The molecule has 1 atom stereocenters. The van der Waals surface area contributed by atoms with Crippen LogP contribution in [0.4, 0.5) is 11.6 Å². The lowest BCUT2D eigenvalue weighted by atomic mass is 9.92. The highest BCUT2D eigenvalue weighted by Gasteiger charge is 2.34. The summed E-state index contributed by atoms with van der Waals surface area (Å²) >= 11 is 0. The minimum atomic E-state index is -0.606. The Morgan fingerprint density at radius 1 is 1.03 bits per heavy atom. The Kier molecular flexibility index (Phi) is 5.17. The Balaban J connectivity index is 1.73. The van der Waals surface area contributed by atoms with Crippen LogP contribution in [-0.2, 0) is 4.74 Å². The van der Waals surface area contributed by atoms with Crippen LogP contribution in [0, 0.1) is 0 Å². The van der Waals surface area contributed by atoms with Crippen molar-refractivity contribution in [3.05, 3.63) is 69.5 Å². The second-order valence-corrected chi connectivity index (χ2v) is 7.35. The first kappa shape index (κ1) is 21.1. The van der Waals surface area contributed by atoms with E-state index in [-0.39, 0.29) is 5.69 Å². The van der Waals surface area contributed by atoms with Crippen molar-refractivity contribution in [3.63, 3.8) is 0 Å². The van der Waals surface area contributed by atoms with E-state index >= 15 is 0 Å². The SMILES string of the molecule is COC(=O)c1ccc([C@@H]2c3c(-c4ccc(OC)c(OC)c4)n[nH]c(=O)c3Nc3nnnn32)cc1. The van der Waals surface area contributed by atoms with Crippen molar-refractivity contribution >= 4 is 17.6 Å². The fraction of sp³-hybridized carbons (Fsp3) is 0.182. The molecule has 0 radical (unpaired) electrons. The van der Waals surface area contributed by atoms with Crippen molar-refractivity contribution in [2.45, 2.75) is 6.04 Å². The molecule has 172 valence electrons. The summed E-state index contributed by atoms with van der Waals surface area (Å²) in [6.45, 7) is 0. The third-order valence-electron chi connectivity index (χ3n) is 5.57. The summed E-state index contributed by atoms with van der Waals surface area (Å²) < 4.78 is 17.1. The first-order valence-electron chi connectivity index (χ1n) is 10.1. The predicted octanol–water partition coefficient (Wildman–Crippen LogP) is 1.92. The van der Waals surface area contributed by atoms with Gasteiger partial charge in [0.2, 0.25) is 5.95 Å². The molecule has 1 aliphatic heterocycles. The van der Waals surface area contributed by atoms with Crippen LogP contribution in [0.5, 0.6) is 11.5 Å². The normalized spacial score (nSPS) is 13.9. The van der Waals surface area contributed by atoms with E-state index in [1.54, 1.807) is 48.2 Å². The van der Waals surface area contributed by atoms with Crippen molar-refractivity contribution in [1.82, 2.24) is 30.4 Å². The number of methoxy groups -OCH3 is 3. The number of ether oxygens (including phenoxy) is 3. The molecule has 12 nitrogen and oxygen atoms in total.